The number of thiophene rings is 1. The standard InChI is InChI=1S/C19H23FN2OS/c1-11-8-15-13(9-14(11)20)10-16(24-15)18(23)21-17-12-4-6-22(7-5-12)19(17,2)3/h8-10,12,17H,4-7H2,1-3H3,(H,21,23)/t17-/m1/s1. The monoisotopic (exact) mass is 346 g/mol. The number of carbonyl (C=O) groups is 1. The van der Waals surface area contributed by atoms with Gasteiger partial charge >= 0.3 is 0 Å². The minimum atomic E-state index is -0.217. The summed E-state index contributed by atoms with van der Waals surface area (Å²) < 4.78 is 14.7. The lowest BCUT2D eigenvalue weighted by Gasteiger charge is -2.56. The molecule has 0 saturated carbocycles. The van der Waals surface area contributed by atoms with Crippen LogP contribution in [0.5, 0.6) is 0 Å². The van der Waals surface area contributed by atoms with E-state index in [1.54, 1.807) is 6.92 Å². The van der Waals surface area contributed by atoms with Crippen LogP contribution in [0.15, 0.2) is 18.2 Å². The minimum absolute atomic E-state index is 0.00376. The Bertz CT molecular complexity index is 766. The Kier molecular flexibility index (Phi) is 3.69. The number of benzene rings is 1. The van der Waals surface area contributed by atoms with Crippen molar-refractivity contribution >= 4 is 27.3 Å². The second-order valence-electron chi connectivity index (χ2n) is 7.68. The zero-order valence-corrected chi connectivity index (χ0v) is 15.2. The third kappa shape index (κ3) is 2.45. The molecule has 128 valence electrons. The number of hydrogen-bond donors (Lipinski definition) is 1. The molecule has 0 radical (unpaired) electrons. The summed E-state index contributed by atoms with van der Waals surface area (Å²) in [5, 5.41) is 4.09. The molecular weight excluding hydrogens is 323 g/mol. The SMILES string of the molecule is Cc1cc2sc(C(=O)N[C@@H]3C4CCN(CC4)C3(C)C)cc2cc1F. The first kappa shape index (κ1) is 16.0. The fourth-order valence-corrected chi connectivity index (χ4v) is 5.41. The third-order valence-electron chi connectivity index (χ3n) is 5.90. The summed E-state index contributed by atoms with van der Waals surface area (Å²) in [7, 11) is 0. The largest absolute Gasteiger partial charge is 0.346 e. The van der Waals surface area contributed by atoms with E-state index in [1.165, 1.54) is 17.4 Å². The van der Waals surface area contributed by atoms with Gasteiger partial charge in [0.15, 0.2) is 0 Å². The Morgan fingerprint density at radius 3 is 2.67 bits per heavy atom. The van der Waals surface area contributed by atoms with Crippen LogP contribution < -0.4 is 5.32 Å². The maximum Gasteiger partial charge on any atom is 0.261 e. The molecule has 0 spiro atoms. The predicted molar refractivity (Wildman–Crippen MR) is 96.2 cm³/mol. The van der Waals surface area contributed by atoms with Crippen LogP contribution in [0.2, 0.25) is 0 Å². The Labute approximate surface area is 145 Å². The van der Waals surface area contributed by atoms with E-state index in [4.69, 9.17) is 0 Å². The number of piperidine rings is 3. The summed E-state index contributed by atoms with van der Waals surface area (Å²) in [4.78, 5) is 16.0. The number of fused-ring (bicyclic) bond motifs is 4. The van der Waals surface area contributed by atoms with Gasteiger partial charge in [-0.1, -0.05) is 0 Å². The number of nitrogens with one attached hydrogen (secondary N) is 1. The molecule has 2 bridgehead atoms. The molecule has 0 unspecified atom stereocenters. The molecule has 3 saturated heterocycles. The lowest BCUT2D eigenvalue weighted by Crippen LogP contribution is -2.69. The van der Waals surface area contributed by atoms with Gasteiger partial charge in [-0.2, -0.15) is 0 Å². The second kappa shape index (κ2) is 5.53. The average Bonchev–Trinajstić information content (AvgIpc) is 2.94. The zero-order valence-electron chi connectivity index (χ0n) is 14.4. The summed E-state index contributed by atoms with van der Waals surface area (Å²) in [6.45, 7) is 8.47. The van der Waals surface area contributed by atoms with Gasteiger partial charge in [0, 0.05) is 16.3 Å². The molecule has 5 rings (SSSR count). The van der Waals surface area contributed by atoms with Crippen molar-refractivity contribution in [1.29, 1.82) is 0 Å². The van der Waals surface area contributed by atoms with Crippen LogP contribution in [0.1, 0.15) is 41.9 Å². The van der Waals surface area contributed by atoms with Crippen molar-refractivity contribution < 1.29 is 9.18 Å². The number of aryl methyl sites for hydroxylation is 1. The van der Waals surface area contributed by atoms with Crippen LogP contribution >= 0.6 is 11.3 Å². The Morgan fingerprint density at radius 1 is 1.29 bits per heavy atom. The van der Waals surface area contributed by atoms with E-state index in [2.05, 4.69) is 24.1 Å². The normalized spacial score (nSPS) is 28.2. The quantitative estimate of drug-likeness (QED) is 0.893. The number of amides is 1. The molecule has 4 heterocycles. The van der Waals surface area contributed by atoms with E-state index in [1.807, 2.05) is 12.1 Å². The van der Waals surface area contributed by atoms with E-state index in [0.717, 1.165) is 36.0 Å². The molecular formula is C19H23FN2OS. The summed E-state index contributed by atoms with van der Waals surface area (Å²) in [5.74, 6) is 0.315. The van der Waals surface area contributed by atoms with Crippen molar-refractivity contribution in [1.82, 2.24) is 10.2 Å². The Morgan fingerprint density at radius 2 is 2.00 bits per heavy atom. The molecule has 5 heteroatoms. The summed E-state index contributed by atoms with van der Waals surface area (Å²) in [6, 6.07) is 5.34. The van der Waals surface area contributed by atoms with Crippen molar-refractivity contribution in [3.8, 4) is 0 Å². The maximum atomic E-state index is 13.7. The Hall–Kier alpha value is -1.46. The van der Waals surface area contributed by atoms with Gasteiger partial charge in [0.2, 0.25) is 0 Å². The van der Waals surface area contributed by atoms with E-state index in [-0.39, 0.29) is 23.3 Å². The second-order valence-corrected chi connectivity index (χ2v) is 8.76. The van der Waals surface area contributed by atoms with Gasteiger partial charge in [-0.25, -0.2) is 4.39 Å². The smallest absolute Gasteiger partial charge is 0.261 e. The van der Waals surface area contributed by atoms with Crippen molar-refractivity contribution in [2.24, 2.45) is 5.92 Å². The van der Waals surface area contributed by atoms with E-state index >= 15 is 0 Å². The number of rotatable bonds is 2. The van der Waals surface area contributed by atoms with Gasteiger partial charge in [0.05, 0.1) is 4.88 Å². The lowest BCUT2D eigenvalue weighted by atomic mass is 9.72. The van der Waals surface area contributed by atoms with Crippen LogP contribution in [0.3, 0.4) is 0 Å². The first-order valence-electron chi connectivity index (χ1n) is 8.62. The first-order valence-corrected chi connectivity index (χ1v) is 9.43. The molecule has 2 aromatic rings. The molecule has 3 aliphatic heterocycles. The van der Waals surface area contributed by atoms with E-state index in [0.29, 0.717) is 16.4 Å². The highest BCUT2D eigenvalue weighted by atomic mass is 32.1. The van der Waals surface area contributed by atoms with Crippen LogP contribution in [-0.4, -0.2) is 35.5 Å². The van der Waals surface area contributed by atoms with E-state index < -0.39 is 0 Å². The van der Waals surface area contributed by atoms with Crippen molar-refractivity contribution in [3.05, 3.63) is 34.5 Å². The van der Waals surface area contributed by atoms with E-state index in [9.17, 15) is 9.18 Å². The molecule has 24 heavy (non-hydrogen) atoms. The van der Waals surface area contributed by atoms with Gasteiger partial charge < -0.3 is 5.32 Å². The van der Waals surface area contributed by atoms with Gasteiger partial charge in [0.1, 0.15) is 5.82 Å². The first-order chi connectivity index (χ1) is 11.4. The topological polar surface area (TPSA) is 32.3 Å². The molecule has 1 amide bonds. The number of carbonyl (C=O) groups excluding carboxylic acids is 1. The van der Waals surface area contributed by atoms with Gasteiger partial charge in [-0.05, 0) is 81.8 Å². The highest BCUT2D eigenvalue weighted by Gasteiger charge is 2.48. The molecule has 1 aromatic heterocycles. The van der Waals surface area contributed by atoms with Crippen molar-refractivity contribution in [2.75, 3.05) is 13.1 Å². The van der Waals surface area contributed by atoms with Crippen LogP contribution in [0.4, 0.5) is 4.39 Å². The highest BCUT2D eigenvalue weighted by Crippen LogP contribution is 2.39. The molecule has 0 aliphatic carbocycles. The molecule has 1 aromatic carbocycles. The molecule has 3 fully saturated rings. The molecule has 1 N–H and O–H groups in total. The lowest BCUT2D eigenvalue weighted by molar-refractivity contribution is -0.0377. The number of halogens is 1. The third-order valence-corrected chi connectivity index (χ3v) is 6.99. The van der Waals surface area contributed by atoms with Gasteiger partial charge in [-0.3, -0.25) is 9.69 Å². The Balaban J connectivity index is 1.60. The molecule has 3 aliphatic rings. The zero-order chi connectivity index (χ0) is 17.1. The number of nitrogens with zero attached hydrogens (tertiary/aromatic N) is 1. The van der Waals surface area contributed by atoms with Crippen LogP contribution in [0.25, 0.3) is 10.1 Å². The average molecular weight is 346 g/mol. The summed E-state index contributed by atoms with van der Waals surface area (Å²) >= 11 is 1.44. The molecule has 1 atom stereocenters. The summed E-state index contributed by atoms with van der Waals surface area (Å²) in [6.07, 6.45) is 2.32. The number of hydrogen-bond acceptors (Lipinski definition) is 3. The minimum Gasteiger partial charge on any atom is -0.346 e. The van der Waals surface area contributed by atoms with Crippen LogP contribution in [-0.2, 0) is 0 Å². The van der Waals surface area contributed by atoms with Crippen molar-refractivity contribution in [2.45, 2.75) is 45.2 Å². The molecule has 3 nitrogen and oxygen atoms in total. The highest BCUT2D eigenvalue weighted by molar-refractivity contribution is 7.20. The maximum absolute atomic E-state index is 13.7. The fraction of sp³-hybridized carbons (Fsp3) is 0.526. The van der Waals surface area contributed by atoms with Crippen LogP contribution in [0, 0.1) is 18.7 Å². The van der Waals surface area contributed by atoms with Crippen molar-refractivity contribution in [3.63, 3.8) is 0 Å². The predicted octanol–water partition coefficient (Wildman–Crippen LogP) is 3.95. The fourth-order valence-electron chi connectivity index (χ4n) is 4.36. The van der Waals surface area contributed by atoms with Gasteiger partial charge in [-0.15, -0.1) is 11.3 Å². The summed E-state index contributed by atoms with van der Waals surface area (Å²) in [5.41, 5.74) is 0.616. The van der Waals surface area contributed by atoms with Gasteiger partial charge in [0.25, 0.3) is 5.91 Å².